The zero-order valence-corrected chi connectivity index (χ0v) is 14.2. The van der Waals surface area contributed by atoms with E-state index in [9.17, 15) is 4.79 Å². The van der Waals surface area contributed by atoms with Crippen molar-refractivity contribution in [1.29, 1.82) is 0 Å². The third kappa shape index (κ3) is 14.2. The van der Waals surface area contributed by atoms with E-state index < -0.39 is 0 Å². The highest BCUT2D eigenvalue weighted by atomic mass is 32.2. The molecule has 0 atom stereocenters. The summed E-state index contributed by atoms with van der Waals surface area (Å²) in [6.07, 6.45) is 16.1. The molecule has 2 heteroatoms. The highest BCUT2D eigenvalue weighted by molar-refractivity contribution is 8.28. The molecule has 0 saturated carbocycles. The number of hydrogen-bond acceptors (Lipinski definition) is 1. The van der Waals surface area contributed by atoms with E-state index in [1.165, 1.54) is 94.2 Å². The normalized spacial score (nSPS) is 11.6. The number of thiol groups is 1. The maximum Gasteiger partial charge on any atom is 0.156 e. The van der Waals surface area contributed by atoms with Gasteiger partial charge in [-0.25, -0.2) is 0 Å². The van der Waals surface area contributed by atoms with Crippen LogP contribution in [0.15, 0.2) is 0 Å². The molecular weight excluding hydrogens is 252 g/mol. The minimum atomic E-state index is -0.288. The average Bonchev–Trinajstić information content (AvgIpc) is 2.44. The van der Waals surface area contributed by atoms with Gasteiger partial charge in [0.2, 0.25) is 0 Å². The fraction of sp³-hybridized carbons (Fsp3) is 0.941. The summed E-state index contributed by atoms with van der Waals surface area (Å²) in [5.41, 5.74) is 1.27. The minimum absolute atomic E-state index is 0.288. The van der Waals surface area contributed by atoms with Gasteiger partial charge in [0.1, 0.15) is 0 Å². The van der Waals surface area contributed by atoms with Crippen LogP contribution in [0.3, 0.4) is 0 Å². The van der Waals surface area contributed by atoms with Gasteiger partial charge in [-0.3, -0.25) is 4.79 Å². The lowest BCUT2D eigenvalue weighted by Gasteiger charge is -2.14. The van der Waals surface area contributed by atoms with Gasteiger partial charge in [0.25, 0.3) is 0 Å². The van der Waals surface area contributed by atoms with Gasteiger partial charge in [0, 0.05) is 0 Å². The Bertz CT molecular complexity index is 166. The molecule has 1 nitrogen and oxygen atoms in total. The van der Waals surface area contributed by atoms with Gasteiger partial charge in [0.05, 0.1) is 0 Å². The van der Waals surface area contributed by atoms with Gasteiger partial charge in [-0.1, -0.05) is 78.1 Å². The molecule has 0 heterocycles. The van der Waals surface area contributed by atoms with Crippen molar-refractivity contribution in [3.05, 3.63) is 0 Å². The van der Waals surface area contributed by atoms with E-state index >= 15 is 0 Å². The smallest absolute Gasteiger partial charge is 0.156 e. The Morgan fingerprint density at radius 1 is 0.632 bits per heavy atom. The molecule has 0 N–H and O–H groups in total. The first kappa shape index (κ1) is 19.0. The molecule has 0 saturated heterocycles. The van der Waals surface area contributed by atoms with Crippen molar-refractivity contribution in [2.75, 3.05) is 11.5 Å². The predicted molar refractivity (Wildman–Crippen MR) is 92.2 cm³/mol. The molecule has 0 unspecified atom stereocenters. The third-order valence-corrected chi connectivity index (χ3v) is 5.83. The maximum absolute atomic E-state index is 11.1. The molecule has 0 aromatic carbocycles. The van der Waals surface area contributed by atoms with Crippen molar-refractivity contribution in [3.63, 3.8) is 0 Å². The van der Waals surface area contributed by atoms with Crippen molar-refractivity contribution in [3.8, 4) is 0 Å². The molecule has 0 spiro atoms. The van der Waals surface area contributed by atoms with Crippen LogP contribution in [0.25, 0.3) is 0 Å². The predicted octanol–water partition coefficient (Wildman–Crippen LogP) is 5.90. The molecule has 0 bridgehead atoms. The van der Waals surface area contributed by atoms with Gasteiger partial charge in [-0.2, -0.15) is 10.9 Å². The molecule has 19 heavy (non-hydrogen) atoms. The molecule has 0 aliphatic rings. The van der Waals surface area contributed by atoms with E-state index in [-0.39, 0.29) is 10.9 Å². The summed E-state index contributed by atoms with van der Waals surface area (Å²) in [5.74, 6) is 2.39. The summed E-state index contributed by atoms with van der Waals surface area (Å²) in [5, 5.41) is 0. The average molecular weight is 289 g/mol. The van der Waals surface area contributed by atoms with Gasteiger partial charge in [-0.15, -0.1) is 0 Å². The molecule has 0 aliphatic carbocycles. The molecule has 0 radical (unpaired) electrons. The summed E-state index contributed by atoms with van der Waals surface area (Å²) >= 11 is 0. The number of carbonyl (C=O) groups is 1. The van der Waals surface area contributed by atoms with E-state index in [1.807, 2.05) is 0 Å². The molecule has 0 aromatic rings. The number of carbonyl (C=O) groups excluding carboxylic acids is 1. The summed E-state index contributed by atoms with van der Waals surface area (Å²) in [6, 6.07) is 0. The zero-order valence-electron chi connectivity index (χ0n) is 13.3. The molecule has 0 fully saturated rings. The van der Waals surface area contributed by atoms with Crippen LogP contribution in [0.4, 0.5) is 0 Å². The molecule has 0 aromatic heterocycles. The molecule has 0 rings (SSSR count). The van der Waals surface area contributed by atoms with Crippen LogP contribution in [0.5, 0.6) is 0 Å². The number of hydrogen-bond donors (Lipinski definition) is 1. The molecule has 0 amide bonds. The van der Waals surface area contributed by atoms with Gasteiger partial charge < -0.3 is 0 Å². The standard InChI is InChI=1S/C17H36OS/c1-3-5-7-9-11-13-15-19(17-18)16-14-12-10-8-6-4-2/h17,19H,3-16H2,1-2H3. The second-order valence-electron chi connectivity index (χ2n) is 5.68. The Morgan fingerprint density at radius 2 is 1.00 bits per heavy atom. The van der Waals surface area contributed by atoms with Crippen LogP contribution in [-0.2, 0) is 4.79 Å². The Hall–Kier alpha value is 0.0200. The van der Waals surface area contributed by atoms with E-state index in [1.54, 1.807) is 0 Å². The van der Waals surface area contributed by atoms with Crippen molar-refractivity contribution >= 4 is 16.5 Å². The van der Waals surface area contributed by atoms with Crippen molar-refractivity contribution < 1.29 is 4.79 Å². The maximum atomic E-state index is 11.1. The Balaban J connectivity index is 3.32. The van der Waals surface area contributed by atoms with Crippen LogP contribution in [-0.4, -0.2) is 17.1 Å². The lowest BCUT2D eigenvalue weighted by Crippen LogP contribution is -1.97. The molecule has 0 aliphatic heterocycles. The monoisotopic (exact) mass is 288 g/mol. The van der Waals surface area contributed by atoms with E-state index in [0.717, 1.165) is 0 Å². The lowest BCUT2D eigenvalue weighted by atomic mass is 10.1. The van der Waals surface area contributed by atoms with Crippen molar-refractivity contribution in [2.24, 2.45) is 0 Å². The van der Waals surface area contributed by atoms with Crippen LogP contribution >= 0.6 is 10.9 Å². The van der Waals surface area contributed by atoms with Crippen LogP contribution in [0.2, 0.25) is 0 Å². The largest absolute Gasteiger partial charge is 0.293 e. The molecular formula is C17H36OS. The SMILES string of the molecule is CCCCCCCC[SH](C=O)CCCCCCCC. The second kappa shape index (κ2) is 16.1. The van der Waals surface area contributed by atoms with Crippen LogP contribution < -0.4 is 0 Å². The quantitative estimate of drug-likeness (QED) is 0.225. The second-order valence-corrected chi connectivity index (χ2v) is 7.96. The third-order valence-electron chi connectivity index (χ3n) is 3.75. The Kier molecular flexibility index (Phi) is 16.1. The van der Waals surface area contributed by atoms with Gasteiger partial charge in [-0.05, 0) is 24.3 Å². The summed E-state index contributed by atoms with van der Waals surface area (Å²) in [4.78, 5) is 11.1. The van der Waals surface area contributed by atoms with Crippen LogP contribution in [0.1, 0.15) is 90.9 Å². The van der Waals surface area contributed by atoms with E-state index in [2.05, 4.69) is 13.8 Å². The first-order valence-electron chi connectivity index (χ1n) is 8.54. The fourth-order valence-corrected chi connectivity index (χ4v) is 4.10. The Morgan fingerprint density at radius 3 is 1.37 bits per heavy atom. The summed E-state index contributed by atoms with van der Waals surface area (Å²) in [6.45, 7) is 4.51. The lowest BCUT2D eigenvalue weighted by molar-refractivity contribution is 0.569. The fourth-order valence-electron chi connectivity index (χ4n) is 2.41. The number of unbranched alkanes of at least 4 members (excludes halogenated alkanes) is 10. The number of rotatable bonds is 15. The highest BCUT2D eigenvalue weighted by Gasteiger charge is 2.02. The summed E-state index contributed by atoms with van der Waals surface area (Å²) in [7, 11) is -0.288. The van der Waals surface area contributed by atoms with Crippen molar-refractivity contribution in [1.82, 2.24) is 0 Å². The molecule has 116 valence electrons. The topological polar surface area (TPSA) is 17.1 Å². The Labute approximate surface area is 124 Å². The minimum Gasteiger partial charge on any atom is -0.293 e. The van der Waals surface area contributed by atoms with Gasteiger partial charge in [0.15, 0.2) is 5.62 Å². The van der Waals surface area contributed by atoms with Crippen LogP contribution in [0, 0.1) is 0 Å². The van der Waals surface area contributed by atoms with Gasteiger partial charge >= 0.3 is 0 Å². The van der Waals surface area contributed by atoms with E-state index in [4.69, 9.17) is 0 Å². The zero-order chi connectivity index (χ0) is 14.2. The highest BCUT2D eigenvalue weighted by Crippen LogP contribution is 2.25. The van der Waals surface area contributed by atoms with Crippen molar-refractivity contribution in [2.45, 2.75) is 90.9 Å². The van der Waals surface area contributed by atoms with E-state index in [0.29, 0.717) is 0 Å². The first-order valence-corrected chi connectivity index (χ1v) is 10.3. The summed E-state index contributed by atoms with van der Waals surface area (Å²) < 4.78 is 0. The first-order chi connectivity index (χ1) is 9.35.